The van der Waals surface area contributed by atoms with Crippen LogP contribution in [0.2, 0.25) is 0 Å². The van der Waals surface area contributed by atoms with Crippen LogP contribution in [0, 0.1) is 17.7 Å². The molecule has 0 spiro atoms. The van der Waals surface area contributed by atoms with Gasteiger partial charge in [-0.3, -0.25) is 0 Å². The average molecular weight is 541 g/mol. The quantitative estimate of drug-likeness (QED) is 0.107. The number of hydrogen-bond acceptors (Lipinski definition) is 4. The summed E-state index contributed by atoms with van der Waals surface area (Å²) in [7, 11) is 0. The largest absolute Gasteiger partial charge is 0.494 e. The molecule has 1 aliphatic rings. The molecule has 0 N–H and O–H groups in total. The van der Waals surface area contributed by atoms with E-state index in [4.69, 9.17) is 14.2 Å². The first-order valence-electron chi connectivity index (χ1n) is 15.5. The van der Waals surface area contributed by atoms with E-state index in [0.717, 1.165) is 36.8 Å². The lowest BCUT2D eigenvalue weighted by Gasteiger charge is -2.28. The Morgan fingerprint density at radius 3 is 2.00 bits per heavy atom. The van der Waals surface area contributed by atoms with Crippen LogP contribution in [-0.4, -0.2) is 19.2 Å². The SMILES string of the molecule is CCCCCCCCCOc1ccc(C(=O)Oc2ccc(OCCCC3CCC(CCC)CC3)cc2)cc1F. The molecule has 216 valence electrons. The van der Waals surface area contributed by atoms with Gasteiger partial charge in [-0.25, -0.2) is 9.18 Å². The third-order valence-corrected chi connectivity index (χ3v) is 7.90. The molecule has 1 saturated carbocycles. The van der Waals surface area contributed by atoms with Gasteiger partial charge in [0.05, 0.1) is 18.8 Å². The van der Waals surface area contributed by atoms with Gasteiger partial charge in [-0.15, -0.1) is 0 Å². The first-order valence-corrected chi connectivity index (χ1v) is 15.5. The first-order chi connectivity index (χ1) is 19.1. The fourth-order valence-electron chi connectivity index (χ4n) is 5.54. The molecule has 5 heteroatoms. The van der Waals surface area contributed by atoms with Gasteiger partial charge in [-0.2, -0.15) is 0 Å². The first kappa shape index (κ1) is 31.0. The highest BCUT2D eigenvalue weighted by molar-refractivity contribution is 5.91. The summed E-state index contributed by atoms with van der Waals surface area (Å²) in [6.07, 6.45) is 18.7. The van der Waals surface area contributed by atoms with Crippen LogP contribution in [0.1, 0.15) is 121 Å². The summed E-state index contributed by atoms with van der Waals surface area (Å²) in [6, 6.07) is 11.2. The van der Waals surface area contributed by atoms with E-state index in [0.29, 0.717) is 19.0 Å². The van der Waals surface area contributed by atoms with Crippen molar-refractivity contribution in [3.05, 3.63) is 53.8 Å². The minimum Gasteiger partial charge on any atom is -0.494 e. The second kappa shape index (κ2) is 17.9. The van der Waals surface area contributed by atoms with Crippen molar-refractivity contribution in [2.75, 3.05) is 13.2 Å². The van der Waals surface area contributed by atoms with E-state index >= 15 is 0 Å². The summed E-state index contributed by atoms with van der Waals surface area (Å²) in [5, 5.41) is 0. The average Bonchev–Trinajstić information content (AvgIpc) is 2.95. The third kappa shape index (κ3) is 11.6. The van der Waals surface area contributed by atoms with Crippen LogP contribution in [0.15, 0.2) is 42.5 Å². The molecule has 1 aliphatic carbocycles. The summed E-state index contributed by atoms with van der Waals surface area (Å²) >= 11 is 0. The lowest BCUT2D eigenvalue weighted by molar-refractivity contribution is 0.0734. The van der Waals surface area contributed by atoms with Crippen molar-refractivity contribution in [1.29, 1.82) is 0 Å². The van der Waals surface area contributed by atoms with Gasteiger partial charge in [0.15, 0.2) is 11.6 Å². The van der Waals surface area contributed by atoms with Crippen LogP contribution in [-0.2, 0) is 0 Å². The van der Waals surface area contributed by atoms with Crippen LogP contribution in [0.25, 0.3) is 0 Å². The molecule has 3 rings (SSSR count). The number of unbranched alkanes of at least 4 members (excludes halogenated alkanes) is 6. The summed E-state index contributed by atoms with van der Waals surface area (Å²) in [6.45, 7) is 5.67. The van der Waals surface area contributed by atoms with Gasteiger partial charge in [0.1, 0.15) is 11.5 Å². The van der Waals surface area contributed by atoms with Crippen molar-refractivity contribution in [3.63, 3.8) is 0 Å². The maximum Gasteiger partial charge on any atom is 0.343 e. The van der Waals surface area contributed by atoms with Crippen molar-refractivity contribution in [3.8, 4) is 17.2 Å². The number of hydrogen-bond donors (Lipinski definition) is 0. The van der Waals surface area contributed by atoms with Gasteiger partial charge in [0.25, 0.3) is 0 Å². The van der Waals surface area contributed by atoms with Crippen LogP contribution in [0.3, 0.4) is 0 Å². The Balaban J connectivity index is 1.32. The fraction of sp³-hybridized carbons (Fsp3) is 0.618. The Morgan fingerprint density at radius 2 is 1.33 bits per heavy atom. The highest BCUT2D eigenvalue weighted by atomic mass is 19.1. The maximum absolute atomic E-state index is 14.5. The van der Waals surface area contributed by atoms with E-state index in [9.17, 15) is 9.18 Å². The molecule has 0 radical (unpaired) electrons. The van der Waals surface area contributed by atoms with E-state index in [1.807, 2.05) is 0 Å². The number of carbonyl (C=O) groups excluding carboxylic acids is 1. The van der Waals surface area contributed by atoms with Crippen molar-refractivity contribution in [1.82, 2.24) is 0 Å². The van der Waals surface area contributed by atoms with Gasteiger partial charge in [-0.05, 0) is 73.6 Å². The standard InChI is InChI=1S/C34H49FO4/c1-3-5-6-7-8-9-10-24-38-33-23-18-29(26-32(33)35)34(36)39-31-21-19-30(20-22-31)37-25-11-13-28-16-14-27(12-4-2)15-17-28/h18-23,26-28H,3-17,24-25H2,1-2H3. The molecule has 0 atom stereocenters. The molecule has 39 heavy (non-hydrogen) atoms. The molecule has 2 aromatic rings. The predicted molar refractivity (Wildman–Crippen MR) is 156 cm³/mol. The molecule has 0 amide bonds. The Bertz CT molecular complexity index is 950. The number of halogens is 1. The summed E-state index contributed by atoms with van der Waals surface area (Å²) in [5.41, 5.74) is 0.153. The molecule has 0 aromatic heterocycles. The monoisotopic (exact) mass is 540 g/mol. The molecule has 2 aromatic carbocycles. The second-order valence-corrected chi connectivity index (χ2v) is 11.1. The van der Waals surface area contributed by atoms with Gasteiger partial charge >= 0.3 is 5.97 Å². The lowest BCUT2D eigenvalue weighted by Crippen LogP contribution is -2.15. The molecule has 0 heterocycles. The van der Waals surface area contributed by atoms with Crippen LogP contribution < -0.4 is 14.2 Å². The zero-order chi connectivity index (χ0) is 27.7. The van der Waals surface area contributed by atoms with Gasteiger partial charge in [-0.1, -0.05) is 90.9 Å². The lowest BCUT2D eigenvalue weighted by atomic mass is 9.78. The van der Waals surface area contributed by atoms with Gasteiger partial charge in [0.2, 0.25) is 0 Å². The number of carbonyl (C=O) groups is 1. The van der Waals surface area contributed by atoms with E-state index in [1.54, 1.807) is 30.3 Å². The van der Waals surface area contributed by atoms with E-state index < -0.39 is 11.8 Å². The molecular weight excluding hydrogens is 491 g/mol. The van der Waals surface area contributed by atoms with E-state index in [1.165, 1.54) is 89.2 Å². The summed E-state index contributed by atoms with van der Waals surface area (Å²) in [5.74, 6) is 1.97. The molecule has 1 fully saturated rings. The van der Waals surface area contributed by atoms with Crippen LogP contribution in [0.4, 0.5) is 4.39 Å². The number of esters is 1. The maximum atomic E-state index is 14.5. The number of rotatable bonds is 18. The number of benzene rings is 2. The molecular formula is C34H49FO4. The van der Waals surface area contributed by atoms with Gasteiger partial charge < -0.3 is 14.2 Å². The normalized spacial score (nSPS) is 17.1. The summed E-state index contributed by atoms with van der Waals surface area (Å²) < 4.78 is 31.4. The minimum atomic E-state index is -0.602. The Labute approximate surface area is 235 Å². The molecule has 0 bridgehead atoms. The Kier molecular flexibility index (Phi) is 14.2. The predicted octanol–water partition coefficient (Wildman–Crippen LogP) is 9.94. The minimum absolute atomic E-state index is 0.153. The van der Waals surface area contributed by atoms with Gasteiger partial charge in [0, 0.05) is 0 Å². The second-order valence-electron chi connectivity index (χ2n) is 11.1. The Hall–Kier alpha value is -2.56. The van der Waals surface area contributed by atoms with E-state index in [-0.39, 0.29) is 11.3 Å². The Morgan fingerprint density at radius 1 is 0.718 bits per heavy atom. The van der Waals surface area contributed by atoms with Crippen molar-refractivity contribution in [2.45, 2.75) is 110 Å². The summed E-state index contributed by atoms with van der Waals surface area (Å²) in [4.78, 5) is 12.5. The number of ether oxygens (including phenoxy) is 3. The van der Waals surface area contributed by atoms with Crippen LogP contribution >= 0.6 is 0 Å². The van der Waals surface area contributed by atoms with Crippen molar-refractivity contribution in [2.24, 2.45) is 11.8 Å². The van der Waals surface area contributed by atoms with Crippen LogP contribution in [0.5, 0.6) is 17.2 Å². The van der Waals surface area contributed by atoms with E-state index in [2.05, 4.69) is 13.8 Å². The molecule has 0 unspecified atom stereocenters. The topological polar surface area (TPSA) is 44.8 Å². The highest BCUT2D eigenvalue weighted by Crippen LogP contribution is 2.33. The molecule has 0 saturated heterocycles. The zero-order valence-corrected chi connectivity index (χ0v) is 24.2. The fourth-order valence-corrected chi connectivity index (χ4v) is 5.54. The molecule has 4 nitrogen and oxygen atoms in total. The smallest absolute Gasteiger partial charge is 0.343 e. The van der Waals surface area contributed by atoms with Crippen molar-refractivity contribution >= 4 is 5.97 Å². The zero-order valence-electron chi connectivity index (χ0n) is 24.2. The highest BCUT2D eigenvalue weighted by Gasteiger charge is 2.20. The van der Waals surface area contributed by atoms with Crippen molar-refractivity contribution < 1.29 is 23.4 Å². The molecule has 0 aliphatic heterocycles. The third-order valence-electron chi connectivity index (χ3n) is 7.90.